The third-order valence-electron chi connectivity index (χ3n) is 5.93. The number of likely N-dealkylation sites (tertiary alicyclic amines) is 1. The fourth-order valence-corrected chi connectivity index (χ4v) is 4.25. The van der Waals surface area contributed by atoms with Crippen molar-refractivity contribution in [3.63, 3.8) is 0 Å². The maximum atomic E-state index is 14.6. The number of carbonyl (C=O) groups excluding carboxylic acids is 3. The second kappa shape index (κ2) is 9.38. The van der Waals surface area contributed by atoms with Crippen molar-refractivity contribution >= 4 is 34.9 Å². The maximum Gasteiger partial charge on any atom is 0.321 e. The molecular formula is C24H27FN4O3. The van der Waals surface area contributed by atoms with Gasteiger partial charge >= 0.3 is 6.03 Å². The largest absolute Gasteiger partial charge is 0.326 e. The maximum absolute atomic E-state index is 14.6. The summed E-state index contributed by atoms with van der Waals surface area (Å²) < 4.78 is 14.6. The number of piperidine rings is 1. The van der Waals surface area contributed by atoms with Crippen LogP contribution in [0.15, 0.2) is 42.5 Å². The van der Waals surface area contributed by atoms with Crippen molar-refractivity contribution < 1.29 is 18.8 Å². The van der Waals surface area contributed by atoms with Crippen LogP contribution in [0.5, 0.6) is 0 Å². The molecule has 2 N–H and O–H groups in total. The molecule has 2 aromatic rings. The van der Waals surface area contributed by atoms with Gasteiger partial charge < -0.3 is 20.4 Å². The summed E-state index contributed by atoms with van der Waals surface area (Å²) in [6.07, 6.45) is 2.51. The number of amides is 4. The Hall–Kier alpha value is -3.42. The van der Waals surface area contributed by atoms with E-state index < -0.39 is 5.82 Å². The van der Waals surface area contributed by atoms with Crippen LogP contribution in [0.1, 0.15) is 31.2 Å². The van der Waals surface area contributed by atoms with Gasteiger partial charge in [0.15, 0.2) is 0 Å². The lowest BCUT2D eigenvalue weighted by Crippen LogP contribution is -2.45. The minimum absolute atomic E-state index is 0.0908. The summed E-state index contributed by atoms with van der Waals surface area (Å²) in [6, 6.07) is 11.7. The number of urea groups is 1. The number of aryl methyl sites for hydroxylation is 1. The molecule has 32 heavy (non-hydrogen) atoms. The van der Waals surface area contributed by atoms with Crippen LogP contribution < -0.4 is 15.5 Å². The molecule has 168 valence electrons. The van der Waals surface area contributed by atoms with E-state index in [4.69, 9.17) is 0 Å². The first-order valence-corrected chi connectivity index (χ1v) is 10.9. The molecule has 2 aliphatic heterocycles. The molecule has 4 rings (SSSR count). The van der Waals surface area contributed by atoms with Gasteiger partial charge in [-0.2, -0.15) is 0 Å². The van der Waals surface area contributed by atoms with E-state index in [1.807, 2.05) is 31.2 Å². The molecule has 2 fully saturated rings. The fourth-order valence-electron chi connectivity index (χ4n) is 4.25. The van der Waals surface area contributed by atoms with E-state index in [0.29, 0.717) is 56.7 Å². The Morgan fingerprint density at radius 1 is 1.03 bits per heavy atom. The van der Waals surface area contributed by atoms with E-state index in [9.17, 15) is 18.8 Å². The summed E-state index contributed by atoms with van der Waals surface area (Å²) in [6.45, 7) is 3.33. The average molecular weight is 439 g/mol. The zero-order valence-corrected chi connectivity index (χ0v) is 18.1. The highest BCUT2D eigenvalue weighted by molar-refractivity contribution is 5.97. The highest BCUT2D eigenvalue weighted by atomic mass is 19.1. The lowest BCUT2D eigenvalue weighted by Gasteiger charge is -2.32. The topological polar surface area (TPSA) is 81.8 Å². The first-order valence-electron chi connectivity index (χ1n) is 10.9. The fraction of sp³-hybridized carbons (Fsp3) is 0.375. The van der Waals surface area contributed by atoms with Crippen molar-refractivity contribution in [3.8, 4) is 0 Å². The summed E-state index contributed by atoms with van der Waals surface area (Å²) in [5.41, 5.74) is 2.34. The van der Waals surface area contributed by atoms with Gasteiger partial charge in [0.25, 0.3) is 0 Å². The molecule has 0 aromatic heterocycles. The Bertz CT molecular complexity index is 1040. The molecule has 7 nitrogen and oxygen atoms in total. The molecule has 0 spiro atoms. The van der Waals surface area contributed by atoms with E-state index >= 15 is 0 Å². The molecule has 4 amide bonds. The predicted octanol–water partition coefficient (Wildman–Crippen LogP) is 4.14. The van der Waals surface area contributed by atoms with E-state index in [2.05, 4.69) is 10.6 Å². The Labute approximate surface area is 186 Å². The molecule has 2 aromatic carbocycles. The van der Waals surface area contributed by atoms with Crippen LogP contribution in [0.3, 0.4) is 0 Å². The zero-order valence-electron chi connectivity index (χ0n) is 18.1. The van der Waals surface area contributed by atoms with Gasteiger partial charge in [-0.05, 0) is 62.1 Å². The molecule has 0 saturated carbocycles. The van der Waals surface area contributed by atoms with Gasteiger partial charge in [0.2, 0.25) is 11.8 Å². The van der Waals surface area contributed by atoms with Gasteiger partial charge in [-0.1, -0.05) is 12.1 Å². The van der Waals surface area contributed by atoms with E-state index in [1.165, 1.54) is 17.0 Å². The first-order chi connectivity index (χ1) is 15.4. The summed E-state index contributed by atoms with van der Waals surface area (Å²) >= 11 is 0. The van der Waals surface area contributed by atoms with Crippen LogP contribution in [0.25, 0.3) is 0 Å². The minimum atomic E-state index is -0.541. The Morgan fingerprint density at radius 3 is 2.56 bits per heavy atom. The van der Waals surface area contributed by atoms with Gasteiger partial charge in [-0.25, -0.2) is 9.18 Å². The monoisotopic (exact) mass is 438 g/mol. The van der Waals surface area contributed by atoms with Crippen molar-refractivity contribution in [1.29, 1.82) is 0 Å². The van der Waals surface area contributed by atoms with Crippen molar-refractivity contribution in [2.75, 3.05) is 35.2 Å². The molecule has 0 aliphatic carbocycles. The Kier molecular flexibility index (Phi) is 6.39. The second-order valence-corrected chi connectivity index (χ2v) is 8.39. The smallest absolute Gasteiger partial charge is 0.321 e. The minimum Gasteiger partial charge on any atom is -0.326 e. The molecule has 0 bridgehead atoms. The van der Waals surface area contributed by atoms with E-state index in [0.717, 1.165) is 5.56 Å². The number of benzene rings is 2. The predicted molar refractivity (Wildman–Crippen MR) is 121 cm³/mol. The van der Waals surface area contributed by atoms with Crippen LogP contribution in [-0.4, -0.2) is 42.4 Å². The van der Waals surface area contributed by atoms with Crippen LogP contribution in [-0.2, 0) is 9.59 Å². The van der Waals surface area contributed by atoms with Crippen LogP contribution in [0.2, 0.25) is 0 Å². The highest BCUT2D eigenvalue weighted by Gasteiger charge is 2.29. The van der Waals surface area contributed by atoms with E-state index in [-0.39, 0.29) is 29.5 Å². The number of nitrogens with one attached hydrogen (secondary N) is 2. The lowest BCUT2D eigenvalue weighted by molar-refractivity contribution is -0.121. The van der Waals surface area contributed by atoms with Crippen molar-refractivity contribution in [3.05, 3.63) is 53.8 Å². The number of rotatable bonds is 4. The van der Waals surface area contributed by atoms with Crippen LogP contribution >= 0.6 is 0 Å². The standard InChI is InChI=1S/C24H27FN4O3/c1-16-5-2-7-18(13-16)27-24(32)28-11-3-6-17(15-28)23(31)26-19-9-10-21(20(25)14-19)29-12-4-8-22(29)30/h2,5,7,9-10,13-14,17H,3-4,6,8,11-12,15H2,1H3,(H,26,31)(H,27,32). The van der Waals surface area contributed by atoms with Gasteiger partial charge in [-0.15, -0.1) is 0 Å². The van der Waals surface area contributed by atoms with Gasteiger partial charge in [0.1, 0.15) is 5.82 Å². The zero-order chi connectivity index (χ0) is 22.7. The number of anilines is 3. The summed E-state index contributed by atoms with van der Waals surface area (Å²) in [4.78, 5) is 40.4. The average Bonchev–Trinajstić information content (AvgIpc) is 3.19. The summed E-state index contributed by atoms with van der Waals surface area (Å²) in [7, 11) is 0. The van der Waals surface area contributed by atoms with Gasteiger partial charge in [0, 0.05) is 37.4 Å². The SMILES string of the molecule is Cc1cccc(NC(=O)N2CCCC(C(=O)Nc3ccc(N4CCCC4=O)c(F)c3)C2)c1. The molecule has 0 radical (unpaired) electrons. The van der Waals surface area contributed by atoms with Crippen molar-refractivity contribution in [1.82, 2.24) is 4.90 Å². The first kappa shape index (κ1) is 21.8. The third-order valence-corrected chi connectivity index (χ3v) is 5.93. The molecule has 2 heterocycles. The molecule has 1 atom stereocenters. The second-order valence-electron chi connectivity index (χ2n) is 8.39. The molecular weight excluding hydrogens is 411 g/mol. The van der Waals surface area contributed by atoms with Gasteiger partial charge in [0.05, 0.1) is 11.6 Å². The Morgan fingerprint density at radius 2 is 1.84 bits per heavy atom. The van der Waals surface area contributed by atoms with Crippen molar-refractivity contribution in [2.45, 2.75) is 32.6 Å². The lowest BCUT2D eigenvalue weighted by atomic mass is 9.97. The normalized spacial score (nSPS) is 18.6. The molecule has 8 heteroatoms. The number of hydrogen-bond donors (Lipinski definition) is 2. The van der Waals surface area contributed by atoms with Gasteiger partial charge in [-0.3, -0.25) is 9.59 Å². The molecule has 1 unspecified atom stereocenters. The number of nitrogens with zero attached hydrogens (tertiary/aromatic N) is 2. The Balaban J connectivity index is 1.36. The number of carbonyl (C=O) groups is 3. The third kappa shape index (κ3) is 4.90. The summed E-state index contributed by atoms with van der Waals surface area (Å²) in [5.74, 6) is -1.26. The number of halogens is 1. The number of hydrogen-bond acceptors (Lipinski definition) is 3. The quantitative estimate of drug-likeness (QED) is 0.753. The highest BCUT2D eigenvalue weighted by Crippen LogP contribution is 2.27. The van der Waals surface area contributed by atoms with Crippen LogP contribution in [0.4, 0.5) is 26.2 Å². The molecule has 2 saturated heterocycles. The summed E-state index contributed by atoms with van der Waals surface area (Å²) in [5, 5.41) is 5.64. The van der Waals surface area contributed by atoms with Crippen LogP contribution in [0, 0.1) is 18.7 Å². The van der Waals surface area contributed by atoms with Crippen molar-refractivity contribution in [2.24, 2.45) is 5.92 Å². The molecule has 2 aliphatic rings. The van der Waals surface area contributed by atoms with E-state index in [1.54, 1.807) is 11.0 Å².